The molecule has 6 nitrogen and oxygen atoms in total. The van der Waals surface area contributed by atoms with Crippen LogP contribution < -0.4 is 22.5 Å². The van der Waals surface area contributed by atoms with E-state index in [1.165, 1.54) is 6.92 Å². The third kappa shape index (κ3) is 6.03. The lowest BCUT2D eigenvalue weighted by Gasteiger charge is -2.14. The minimum absolute atomic E-state index is 0.349. The molecule has 0 aliphatic heterocycles. The Morgan fingerprint density at radius 2 is 1.93 bits per heavy atom. The Morgan fingerprint density at radius 1 is 1.33 bits per heavy atom. The van der Waals surface area contributed by atoms with E-state index in [1.807, 2.05) is 0 Å². The Bertz CT molecular complexity index is 220. The first-order valence-corrected chi connectivity index (χ1v) is 5.04. The second-order valence-electron chi connectivity index (χ2n) is 3.52. The molecule has 0 saturated heterocycles. The topological polar surface area (TPSA) is 124 Å². The SMILES string of the molecule is C[C@H](NC(=O)[C@@H](N)CCCCN)C(N)=O. The van der Waals surface area contributed by atoms with Gasteiger partial charge in [-0.2, -0.15) is 0 Å². The maximum absolute atomic E-state index is 11.4. The molecule has 0 spiro atoms. The number of carbonyl (C=O) groups is 2. The van der Waals surface area contributed by atoms with Crippen LogP contribution in [0, 0.1) is 0 Å². The van der Waals surface area contributed by atoms with Gasteiger partial charge in [0.25, 0.3) is 0 Å². The van der Waals surface area contributed by atoms with Crippen LogP contribution in [0.2, 0.25) is 0 Å². The number of nitrogens with one attached hydrogen (secondary N) is 1. The Labute approximate surface area is 89.6 Å². The summed E-state index contributed by atoms with van der Waals surface area (Å²) in [5.74, 6) is -0.921. The molecule has 0 heterocycles. The number of rotatable bonds is 7. The molecule has 0 aromatic carbocycles. The predicted octanol–water partition coefficient (Wildman–Crippen LogP) is -1.57. The normalized spacial score (nSPS) is 14.3. The average molecular weight is 216 g/mol. The van der Waals surface area contributed by atoms with Gasteiger partial charge in [-0.3, -0.25) is 9.59 Å². The van der Waals surface area contributed by atoms with E-state index in [9.17, 15) is 9.59 Å². The van der Waals surface area contributed by atoms with Gasteiger partial charge in [-0.15, -0.1) is 0 Å². The molecule has 88 valence electrons. The smallest absolute Gasteiger partial charge is 0.239 e. The van der Waals surface area contributed by atoms with E-state index in [4.69, 9.17) is 17.2 Å². The number of primary amides is 1. The fourth-order valence-electron chi connectivity index (χ4n) is 1.03. The van der Waals surface area contributed by atoms with Crippen molar-refractivity contribution in [2.45, 2.75) is 38.3 Å². The molecule has 0 aliphatic rings. The summed E-state index contributed by atoms with van der Waals surface area (Å²) in [6.45, 7) is 2.11. The first kappa shape index (κ1) is 13.9. The van der Waals surface area contributed by atoms with Crippen molar-refractivity contribution in [2.75, 3.05) is 6.54 Å². The van der Waals surface area contributed by atoms with Gasteiger partial charge in [0.2, 0.25) is 11.8 Å². The van der Waals surface area contributed by atoms with Crippen LogP contribution in [0.3, 0.4) is 0 Å². The fourth-order valence-corrected chi connectivity index (χ4v) is 1.03. The van der Waals surface area contributed by atoms with Gasteiger partial charge in [0, 0.05) is 0 Å². The van der Waals surface area contributed by atoms with Crippen molar-refractivity contribution in [3.63, 3.8) is 0 Å². The molecular formula is C9H20N4O2. The van der Waals surface area contributed by atoms with Gasteiger partial charge in [-0.05, 0) is 26.3 Å². The van der Waals surface area contributed by atoms with E-state index in [2.05, 4.69) is 5.32 Å². The van der Waals surface area contributed by atoms with Crippen molar-refractivity contribution >= 4 is 11.8 Å². The third-order valence-corrected chi connectivity index (χ3v) is 2.09. The highest BCUT2D eigenvalue weighted by molar-refractivity contribution is 5.88. The zero-order valence-electron chi connectivity index (χ0n) is 9.03. The van der Waals surface area contributed by atoms with Crippen molar-refractivity contribution in [2.24, 2.45) is 17.2 Å². The Hall–Kier alpha value is -1.14. The standard InChI is InChI=1S/C9H20N4O2/c1-6(8(12)14)13-9(15)7(11)4-2-3-5-10/h6-7H,2-5,10-11H2,1H3,(H2,12,14)(H,13,15)/t6-,7-/m0/s1. The Balaban J connectivity index is 3.83. The summed E-state index contributed by atoms with van der Waals surface area (Å²) < 4.78 is 0. The summed E-state index contributed by atoms with van der Waals surface area (Å²) in [4.78, 5) is 22.0. The second-order valence-corrected chi connectivity index (χ2v) is 3.52. The second kappa shape index (κ2) is 7.19. The maximum Gasteiger partial charge on any atom is 0.239 e. The quantitative estimate of drug-likeness (QED) is 0.384. The van der Waals surface area contributed by atoms with Crippen LogP contribution >= 0.6 is 0 Å². The summed E-state index contributed by atoms with van der Waals surface area (Å²) in [6, 6.07) is -1.28. The molecule has 0 aromatic heterocycles. The Morgan fingerprint density at radius 3 is 2.40 bits per heavy atom. The molecule has 0 rings (SSSR count). The van der Waals surface area contributed by atoms with E-state index in [0.29, 0.717) is 13.0 Å². The van der Waals surface area contributed by atoms with E-state index in [1.54, 1.807) is 0 Å². The van der Waals surface area contributed by atoms with E-state index in [-0.39, 0.29) is 5.91 Å². The number of amides is 2. The molecule has 0 bridgehead atoms. The highest BCUT2D eigenvalue weighted by Gasteiger charge is 2.17. The van der Waals surface area contributed by atoms with E-state index in [0.717, 1.165) is 12.8 Å². The summed E-state index contributed by atoms with van der Waals surface area (Å²) >= 11 is 0. The van der Waals surface area contributed by atoms with Gasteiger partial charge in [0.05, 0.1) is 6.04 Å². The molecule has 7 N–H and O–H groups in total. The van der Waals surface area contributed by atoms with Crippen LogP contribution in [0.5, 0.6) is 0 Å². The maximum atomic E-state index is 11.4. The van der Waals surface area contributed by atoms with Crippen molar-refractivity contribution in [3.05, 3.63) is 0 Å². The minimum atomic E-state index is -0.682. The van der Waals surface area contributed by atoms with Gasteiger partial charge < -0.3 is 22.5 Å². The van der Waals surface area contributed by atoms with Gasteiger partial charge in [-0.25, -0.2) is 0 Å². The highest BCUT2D eigenvalue weighted by atomic mass is 16.2. The fraction of sp³-hybridized carbons (Fsp3) is 0.778. The molecule has 0 unspecified atom stereocenters. The molecule has 2 atom stereocenters. The van der Waals surface area contributed by atoms with Crippen LogP contribution in [0.1, 0.15) is 26.2 Å². The molecule has 2 amide bonds. The lowest BCUT2D eigenvalue weighted by Crippen LogP contribution is -2.48. The van der Waals surface area contributed by atoms with Crippen LogP contribution in [0.25, 0.3) is 0 Å². The lowest BCUT2D eigenvalue weighted by molar-refractivity contribution is -0.127. The van der Waals surface area contributed by atoms with Crippen LogP contribution in [0.4, 0.5) is 0 Å². The van der Waals surface area contributed by atoms with E-state index >= 15 is 0 Å². The summed E-state index contributed by atoms with van der Waals surface area (Å²) in [6.07, 6.45) is 2.21. The van der Waals surface area contributed by atoms with Crippen LogP contribution in [-0.2, 0) is 9.59 Å². The van der Waals surface area contributed by atoms with Gasteiger partial charge >= 0.3 is 0 Å². The van der Waals surface area contributed by atoms with Crippen LogP contribution in [0.15, 0.2) is 0 Å². The third-order valence-electron chi connectivity index (χ3n) is 2.09. The number of nitrogens with two attached hydrogens (primary N) is 3. The molecule has 0 saturated carbocycles. The minimum Gasteiger partial charge on any atom is -0.368 e. The molecule has 0 fully saturated rings. The molecule has 0 aliphatic carbocycles. The predicted molar refractivity (Wildman–Crippen MR) is 57.7 cm³/mol. The number of hydrogen-bond acceptors (Lipinski definition) is 4. The zero-order valence-corrected chi connectivity index (χ0v) is 9.03. The first-order valence-electron chi connectivity index (χ1n) is 5.04. The molecule has 0 radical (unpaired) electrons. The summed E-state index contributed by atoms with van der Waals surface area (Å²) in [5, 5.41) is 2.44. The molecule has 15 heavy (non-hydrogen) atoms. The largest absolute Gasteiger partial charge is 0.368 e. The average Bonchev–Trinajstić information content (AvgIpc) is 2.17. The molecular weight excluding hydrogens is 196 g/mol. The van der Waals surface area contributed by atoms with Crippen molar-refractivity contribution < 1.29 is 9.59 Å². The Kier molecular flexibility index (Phi) is 6.64. The van der Waals surface area contributed by atoms with Gasteiger partial charge in [0.1, 0.15) is 6.04 Å². The molecule has 0 aromatic rings. The number of carbonyl (C=O) groups excluding carboxylic acids is 2. The first-order chi connectivity index (χ1) is 6.99. The van der Waals surface area contributed by atoms with Crippen molar-refractivity contribution in [3.8, 4) is 0 Å². The van der Waals surface area contributed by atoms with Crippen LogP contribution in [-0.4, -0.2) is 30.4 Å². The van der Waals surface area contributed by atoms with Crippen molar-refractivity contribution in [1.82, 2.24) is 5.32 Å². The zero-order chi connectivity index (χ0) is 11.8. The summed E-state index contributed by atoms with van der Waals surface area (Å²) in [5.41, 5.74) is 15.9. The van der Waals surface area contributed by atoms with Gasteiger partial charge in [-0.1, -0.05) is 6.42 Å². The van der Waals surface area contributed by atoms with Gasteiger partial charge in [0.15, 0.2) is 0 Å². The van der Waals surface area contributed by atoms with E-state index < -0.39 is 18.0 Å². The monoisotopic (exact) mass is 216 g/mol. The molecule has 6 heteroatoms. The highest BCUT2D eigenvalue weighted by Crippen LogP contribution is 1.98. The number of unbranched alkanes of at least 4 members (excludes halogenated alkanes) is 1. The van der Waals surface area contributed by atoms with Crippen molar-refractivity contribution in [1.29, 1.82) is 0 Å². The number of hydrogen-bond donors (Lipinski definition) is 4. The summed E-state index contributed by atoms with van der Waals surface area (Å²) in [7, 11) is 0. The lowest BCUT2D eigenvalue weighted by atomic mass is 10.1.